The van der Waals surface area contributed by atoms with Gasteiger partial charge >= 0.3 is 11.9 Å². The van der Waals surface area contributed by atoms with E-state index in [1.807, 2.05) is 49.5 Å². The number of benzene rings is 3. The third kappa shape index (κ3) is 8.34. The number of H-pyrrole nitrogens is 1. The zero-order chi connectivity index (χ0) is 27.6. The molecule has 0 aliphatic heterocycles. The van der Waals surface area contributed by atoms with Crippen LogP contribution in [0.2, 0.25) is 0 Å². The Balaban J connectivity index is 1.18. The molecule has 0 atom stereocenters. The second kappa shape index (κ2) is 13.5. The van der Waals surface area contributed by atoms with Crippen molar-refractivity contribution in [2.45, 2.75) is 46.6 Å². The van der Waals surface area contributed by atoms with Crippen molar-refractivity contribution in [2.75, 3.05) is 6.61 Å². The first-order chi connectivity index (χ1) is 18.9. The van der Waals surface area contributed by atoms with Crippen molar-refractivity contribution in [1.29, 1.82) is 0 Å². The van der Waals surface area contributed by atoms with Crippen LogP contribution in [-0.2, 0) is 22.6 Å². The molecule has 1 aromatic heterocycles. The van der Waals surface area contributed by atoms with Gasteiger partial charge in [0.25, 0.3) is 0 Å². The molecule has 0 saturated heterocycles. The normalized spacial score (nSPS) is 10.9. The quantitative estimate of drug-likeness (QED) is 0.119. The van der Waals surface area contributed by atoms with Crippen LogP contribution < -0.4 is 9.47 Å². The molecule has 6 nitrogen and oxygen atoms in total. The van der Waals surface area contributed by atoms with Gasteiger partial charge in [-0.05, 0) is 103 Å². The molecule has 1 N–H and O–H groups in total. The van der Waals surface area contributed by atoms with Gasteiger partial charge in [0.05, 0.1) is 12.2 Å². The molecular weight excluding hydrogens is 490 g/mol. The van der Waals surface area contributed by atoms with E-state index in [4.69, 9.17) is 14.2 Å². The summed E-state index contributed by atoms with van der Waals surface area (Å²) in [6.45, 7) is 7.05. The zero-order valence-corrected chi connectivity index (χ0v) is 22.7. The Bertz CT molecular complexity index is 1360. The molecule has 0 bridgehead atoms. The molecule has 4 rings (SSSR count). The number of hydrogen-bond acceptors (Lipinski definition) is 5. The van der Waals surface area contributed by atoms with Crippen molar-refractivity contribution >= 4 is 11.9 Å². The van der Waals surface area contributed by atoms with Crippen LogP contribution in [0.15, 0.2) is 85.1 Å². The lowest BCUT2D eigenvalue weighted by atomic mass is 10.0. The van der Waals surface area contributed by atoms with E-state index in [0.717, 1.165) is 34.6 Å². The summed E-state index contributed by atoms with van der Waals surface area (Å²) in [5, 5.41) is 0. The topological polar surface area (TPSA) is 77.6 Å². The number of aryl methyl sites for hydroxylation is 1. The molecule has 4 aromatic rings. The van der Waals surface area contributed by atoms with Crippen LogP contribution in [0.3, 0.4) is 0 Å². The third-order valence-corrected chi connectivity index (χ3v) is 6.24. The lowest BCUT2D eigenvalue weighted by molar-refractivity contribution is -0.138. The van der Waals surface area contributed by atoms with E-state index < -0.39 is 11.9 Å². The summed E-state index contributed by atoms with van der Waals surface area (Å²) in [6.07, 6.45) is 3.46. The summed E-state index contributed by atoms with van der Waals surface area (Å²) in [4.78, 5) is 27.8. The lowest BCUT2D eigenvalue weighted by Crippen LogP contribution is -2.13. The standard InChI is InChI=1S/C33H35NO5/c1-23(2)20-25-8-10-26(11-9-25)22-38-31-17-14-28(21-24(31)3)33(36)39-32(35)7-5-19-37-29-15-12-27(13-16-29)30-6-4-18-34-30/h4,6,8-18,21,23,34H,5,7,19-20,22H2,1-3H3. The van der Waals surface area contributed by atoms with Gasteiger partial charge in [0.15, 0.2) is 0 Å². The second-order valence-electron chi connectivity index (χ2n) is 10.0. The van der Waals surface area contributed by atoms with Gasteiger partial charge in [-0.25, -0.2) is 4.79 Å². The zero-order valence-electron chi connectivity index (χ0n) is 22.7. The number of aromatic nitrogens is 1. The fourth-order valence-electron chi connectivity index (χ4n) is 4.20. The highest BCUT2D eigenvalue weighted by molar-refractivity contribution is 5.97. The minimum atomic E-state index is -0.670. The molecule has 0 aliphatic carbocycles. The van der Waals surface area contributed by atoms with Crippen molar-refractivity contribution in [2.24, 2.45) is 5.92 Å². The number of rotatable bonds is 12. The van der Waals surface area contributed by atoms with Crippen molar-refractivity contribution in [3.63, 3.8) is 0 Å². The first kappa shape index (κ1) is 27.7. The largest absolute Gasteiger partial charge is 0.494 e. The van der Waals surface area contributed by atoms with E-state index in [2.05, 4.69) is 43.1 Å². The molecule has 0 fully saturated rings. The highest BCUT2D eigenvalue weighted by Gasteiger charge is 2.15. The second-order valence-corrected chi connectivity index (χ2v) is 10.0. The Morgan fingerprint density at radius 3 is 2.28 bits per heavy atom. The fraction of sp³-hybridized carbons (Fsp3) is 0.273. The molecule has 39 heavy (non-hydrogen) atoms. The molecule has 0 unspecified atom stereocenters. The van der Waals surface area contributed by atoms with Gasteiger partial charge < -0.3 is 19.2 Å². The van der Waals surface area contributed by atoms with Crippen LogP contribution in [0.1, 0.15) is 53.7 Å². The van der Waals surface area contributed by atoms with E-state index in [9.17, 15) is 9.59 Å². The predicted molar refractivity (Wildman–Crippen MR) is 152 cm³/mol. The third-order valence-electron chi connectivity index (χ3n) is 6.24. The number of nitrogens with one attached hydrogen (secondary N) is 1. The summed E-state index contributed by atoms with van der Waals surface area (Å²) in [5.74, 6) is 0.771. The first-order valence-corrected chi connectivity index (χ1v) is 13.3. The van der Waals surface area contributed by atoms with Crippen LogP contribution in [0, 0.1) is 12.8 Å². The summed E-state index contributed by atoms with van der Waals surface area (Å²) < 4.78 is 16.7. The van der Waals surface area contributed by atoms with Crippen LogP contribution >= 0.6 is 0 Å². The Morgan fingerprint density at radius 1 is 0.872 bits per heavy atom. The van der Waals surface area contributed by atoms with Crippen molar-refractivity contribution in [1.82, 2.24) is 4.98 Å². The average Bonchev–Trinajstić information content (AvgIpc) is 3.46. The van der Waals surface area contributed by atoms with Gasteiger partial charge in [0.1, 0.15) is 18.1 Å². The number of hydrogen-bond donors (Lipinski definition) is 1. The summed E-state index contributed by atoms with van der Waals surface area (Å²) >= 11 is 0. The highest BCUT2D eigenvalue weighted by Crippen LogP contribution is 2.22. The summed E-state index contributed by atoms with van der Waals surface area (Å²) in [6, 6.07) is 25.1. The maximum Gasteiger partial charge on any atom is 0.345 e. The van der Waals surface area contributed by atoms with E-state index in [0.29, 0.717) is 36.9 Å². The van der Waals surface area contributed by atoms with Gasteiger partial charge in [0.2, 0.25) is 0 Å². The summed E-state index contributed by atoms with van der Waals surface area (Å²) in [7, 11) is 0. The molecule has 0 amide bonds. The lowest BCUT2D eigenvalue weighted by Gasteiger charge is -2.11. The van der Waals surface area contributed by atoms with Crippen molar-refractivity contribution < 1.29 is 23.8 Å². The molecule has 6 heteroatoms. The number of carbonyl (C=O) groups excluding carboxylic acids is 2. The van der Waals surface area contributed by atoms with Gasteiger partial charge in [-0.15, -0.1) is 0 Å². The summed E-state index contributed by atoms with van der Waals surface area (Å²) in [5.41, 5.74) is 5.60. The van der Waals surface area contributed by atoms with E-state index >= 15 is 0 Å². The van der Waals surface area contributed by atoms with Crippen LogP contribution in [0.4, 0.5) is 0 Å². The molecule has 3 aromatic carbocycles. The van der Waals surface area contributed by atoms with Crippen molar-refractivity contribution in [3.05, 3.63) is 107 Å². The first-order valence-electron chi connectivity index (χ1n) is 13.3. The molecule has 0 saturated carbocycles. The SMILES string of the molecule is Cc1cc(C(=O)OC(=O)CCCOc2ccc(-c3ccc[nH]3)cc2)ccc1OCc1ccc(CC(C)C)cc1. The maximum absolute atomic E-state index is 12.5. The molecular formula is C33H35NO5. The smallest absolute Gasteiger partial charge is 0.345 e. The van der Waals surface area contributed by atoms with Gasteiger partial charge in [0, 0.05) is 18.3 Å². The average molecular weight is 526 g/mol. The van der Waals surface area contributed by atoms with E-state index in [1.54, 1.807) is 18.2 Å². The molecule has 0 spiro atoms. The Morgan fingerprint density at radius 2 is 1.62 bits per heavy atom. The Labute approximate surface area is 229 Å². The Kier molecular flexibility index (Phi) is 9.57. The van der Waals surface area contributed by atoms with Crippen LogP contribution in [0.5, 0.6) is 11.5 Å². The number of ether oxygens (including phenoxy) is 3. The maximum atomic E-state index is 12.5. The number of esters is 2. The minimum Gasteiger partial charge on any atom is -0.494 e. The van der Waals surface area contributed by atoms with E-state index in [1.165, 1.54) is 5.56 Å². The number of carbonyl (C=O) groups is 2. The fourth-order valence-corrected chi connectivity index (χ4v) is 4.20. The van der Waals surface area contributed by atoms with Crippen molar-refractivity contribution in [3.8, 4) is 22.8 Å². The minimum absolute atomic E-state index is 0.0857. The van der Waals surface area contributed by atoms with E-state index in [-0.39, 0.29) is 6.42 Å². The van der Waals surface area contributed by atoms with Crippen LogP contribution in [0.25, 0.3) is 11.3 Å². The molecule has 0 radical (unpaired) electrons. The van der Waals surface area contributed by atoms with Gasteiger partial charge in [-0.2, -0.15) is 0 Å². The van der Waals surface area contributed by atoms with Gasteiger partial charge in [-0.3, -0.25) is 4.79 Å². The molecule has 202 valence electrons. The predicted octanol–water partition coefficient (Wildman–Crippen LogP) is 7.31. The molecule has 0 aliphatic rings. The Hall–Kier alpha value is -4.32. The van der Waals surface area contributed by atoms with Crippen LogP contribution in [-0.4, -0.2) is 23.5 Å². The highest BCUT2D eigenvalue weighted by atomic mass is 16.6. The number of aromatic amines is 1. The van der Waals surface area contributed by atoms with Gasteiger partial charge in [-0.1, -0.05) is 38.1 Å². The molecule has 1 heterocycles. The monoisotopic (exact) mass is 525 g/mol.